The number of fused-ring (bicyclic) bond motifs is 1. The van der Waals surface area contributed by atoms with E-state index in [9.17, 15) is 0 Å². The molecular formula is C21H31NS. The molecule has 4 atom stereocenters. The van der Waals surface area contributed by atoms with E-state index >= 15 is 0 Å². The molecule has 1 nitrogen and oxygen atoms in total. The van der Waals surface area contributed by atoms with Gasteiger partial charge in [-0.05, 0) is 46.8 Å². The van der Waals surface area contributed by atoms with E-state index in [0.29, 0.717) is 23.8 Å². The maximum Gasteiger partial charge on any atom is 0.0378 e. The first-order valence-electron chi connectivity index (χ1n) is 9.30. The van der Waals surface area contributed by atoms with Crippen LogP contribution >= 0.6 is 11.8 Å². The lowest BCUT2D eigenvalue weighted by Crippen LogP contribution is -2.42. The van der Waals surface area contributed by atoms with E-state index in [1.165, 1.54) is 36.3 Å². The van der Waals surface area contributed by atoms with Crippen molar-refractivity contribution in [2.75, 3.05) is 11.1 Å². The number of anilines is 1. The Labute approximate surface area is 146 Å². The average molecular weight is 330 g/mol. The lowest BCUT2D eigenvalue weighted by atomic mass is 9.72. The van der Waals surface area contributed by atoms with Gasteiger partial charge in [-0.2, -0.15) is 0 Å². The first-order chi connectivity index (χ1) is 11.1. The van der Waals surface area contributed by atoms with Crippen LogP contribution < -0.4 is 5.32 Å². The largest absolute Gasteiger partial charge is 0.381 e. The minimum atomic E-state index is 0.597. The van der Waals surface area contributed by atoms with Crippen molar-refractivity contribution in [1.82, 2.24) is 0 Å². The van der Waals surface area contributed by atoms with Gasteiger partial charge in [-0.15, -0.1) is 11.8 Å². The van der Waals surface area contributed by atoms with E-state index in [-0.39, 0.29) is 0 Å². The second-order valence-electron chi connectivity index (χ2n) is 7.59. The summed E-state index contributed by atoms with van der Waals surface area (Å²) >= 11 is 1.97. The molecule has 0 saturated carbocycles. The molecule has 2 aliphatic rings. The van der Waals surface area contributed by atoms with E-state index in [2.05, 4.69) is 62.7 Å². The molecule has 0 radical (unpaired) electrons. The normalized spacial score (nSPS) is 29.6. The summed E-state index contributed by atoms with van der Waals surface area (Å²) in [6, 6.07) is 7.70. The highest BCUT2D eigenvalue weighted by Crippen LogP contribution is 2.45. The van der Waals surface area contributed by atoms with E-state index in [1.807, 2.05) is 11.8 Å². The quantitative estimate of drug-likeness (QED) is 0.671. The van der Waals surface area contributed by atoms with Crippen molar-refractivity contribution in [3.05, 3.63) is 40.8 Å². The Balaban J connectivity index is 1.92. The topological polar surface area (TPSA) is 12.0 Å². The number of hydrogen-bond acceptors (Lipinski definition) is 2. The van der Waals surface area contributed by atoms with Crippen LogP contribution in [0.2, 0.25) is 0 Å². The number of nitrogens with one attached hydrogen (secondary N) is 1. The van der Waals surface area contributed by atoms with E-state index < -0.39 is 0 Å². The summed E-state index contributed by atoms with van der Waals surface area (Å²) in [5, 5.41) is 6.23. The third-order valence-electron chi connectivity index (χ3n) is 5.72. The predicted molar refractivity (Wildman–Crippen MR) is 104 cm³/mol. The SMILES string of the molecule is CCCC[C@@H]1[C@H](C)c2cc(C(C)C)ccc2N[C@H]1C1C=CSC1. The van der Waals surface area contributed by atoms with Crippen LogP contribution in [0.25, 0.3) is 0 Å². The molecule has 126 valence electrons. The Hall–Kier alpha value is -0.890. The highest BCUT2D eigenvalue weighted by atomic mass is 32.2. The lowest BCUT2D eigenvalue weighted by molar-refractivity contribution is 0.304. The summed E-state index contributed by atoms with van der Waals surface area (Å²) in [6.07, 6.45) is 6.41. The molecule has 1 unspecified atom stereocenters. The monoisotopic (exact) mass is 329 g/mol. The molecular weight excluding hydrogens is 298 g/mol. The van der Waals surface area contributed by atoms with Gasteiger partial charge < -0.3 is 5.32 Å². The summed E-state index contributed by atoms with van der Waals surface area (Å²) in [6.45, 7) is 9.36. The van der Waals surface area contributed by atoms with Crippen LogP contribution in [0.5, 0.6) is 0 Å². The highest BCUT2D eigenvalue weighted by molar-refractivity contribution is 8.02. The fourth-order valence-corrected chi connectivity index (χ4v) is 5.14. The minimum Gasteiger partial charge on any atom is -0.381 e. The number of thioether (sulfide) groups is 1. The van der Waals surface area contributed by atoms with Crippen LogP contribution in [0, 0.1) is 11.8 Å². The molecule has 0 spiro atoms. The average Bonchev–Trinajstić information content (AvgIpc) is 3.07. The smallest absolute Gasteiger partial charge is 0.0378 e. The van der Waals surface area contributed by atoms with Crippen LogP contribution in [-0.2, 0) is 0 Å². The van der Waals surface area contributed by atoms with Crippen LogP contribution in [0.4, 0.5) is 5.69 Å². The van der Waals surface area contributed by atoms with Gasteiger partial charge in [0, 0.05) is 23.4 Å². The van der Waals surface area contributed by atoms with Gasteiger partial charge in [-0.1, -0.05) is 58.7 Å². The molecule has 2 aliphatic heterocycles. The molecule has 0 aromatic heterocycles. The molecule has 1 N–H and O–H groups in total. The maximum absolute atomic E-state index is 3.93. The van der Waals surface area contributed by atoms with Crippen molar-refractivity contribution in [2.45, 2.75) is 64.8 Å². The van der Waals surface area contributed by atoms with Crippen LogP contribution in [0.15, 0.2) is 29.7 Å². The molecule has 0 saturated heterocycles. The molecule has 0 bridgehead atoms. The third kappa shape index (κ3) is 3.47. The highest BCUT2D eigenvalue weighted by Gasteiger charge is 2.37. The Morgan fingerprint density at radius 3 is 2.78 bits per heavy atom. The molecule has 1 aromatic carbocycles. The number of hydrogen-bond donors (Lipinski definition) is 1. The molecule has 1 aromatic rings. The zero-order valence-electron chi connectivity index (χ0n) is 15.0. The molecule has 3 rings (SSSR count). The Bertz CT molecular complexity index is 563. The van der Waals surface area contributed by atoms with Crippen LogP contribution in [-0.4, -0.2) is 11.8 Å². The van der Waals surface area contributed by atoms with E-state index in [0.717, 1.165) is 5.92 Å². The maximum atomic E-state index is 3.93. The molecule has 23 heavy (non-hydrogen) atoms. The summed E-state index contributed by atoms with van der Waals surface area (Å²) in [5.41, 5.74) is 4.40. The Kier molecular flexibility index (Phi) is 5.41. The van der Waals surface area contributed by atoms with E-state index in [1.54, 1.807) is 5.56 Å². The zero-order chi connectivity index (χ0) is 16.4. The van der Waals surface area contributed by atoms with E-state index in [4.69, 9.17) is 0 Å². The molecule has 0 aliphatic carbocycles. The van der Waals surface area contributed by atoms with Gasteiger partial charge in [0.25, 0.3) is 0 Å². The summed E-state index contributed by atoms with van der Waals surface area (Å²) in [7, 11) is 0. The van der Waals surface area contributed by atoms with Crippen molar-refractivity contribution in [3.63, 3.8) is 0 Å². The minimum absolute atomic E-state index is 0.597. The second kappa shape index (κ2) is 7.34. The molecule has 0 amide bonds. The standard InChI is InChI=1S/C21H31NS/c1-5-6-7-18-15(4)19-12-16(14(2)3)8-9-20(19)22-21(18)17-10-11-23-13-17/h8-12,14-15,17-18,21-22H,5-7,13H2,1-4H3/t15-,17?,18+,21-/m0/s1. The fourth-order valence-electron chi connectivity index (χ4n) is 4.17. The zero-order valence-corrected chi connectivity index (χ0v) is 15.8. The van der Waals surface area contributed by atoms with Crippen molar-refractivity contribution in [1.29, 1.82) is 0 Å². The van der Waals surface area contributed by atoms with Gasteiger partial charge in [0.05, 0.1) is 0 Å². The van der Waals surface area contributed by atoms with Gasteiger partial charge in [0.2, 0.25) is 0 Å². The van der Waals surface area contributed by atoms with Gasteiger partial charge in [0.15, 0.2) is 0 Å². The first-order valence-corrected chi connectivity index (χ1v) is 10.3. The van der Waals surface area contributed by atoms with Gasteiger partial charge >= 0.3 is 0 Å². The van der Waals surface area contributed by atoms with Gasteiger partial charge in [-0.25, -0.2) is 0 Å². The second-order valence-corrected chi connectivity index (χ2v) is 8.53. The van der Waals surface area contributed by atoms with Gasteiger partial charge in [-0.3, -0.25) is 0 Å². The van der Waals surface area contributed by atoms with Crippen LogP contribution in [0.3, 0.4) is 0 Å². The Morgan fingerprint density at radius 2 is 2.13 bits per heavy atom. The van der Waals surface area contributed by atoms with Crippen molar-refractivity contribution in [2.24, 2.45) is 11.8 Å². The van der Waals surface area contributed by atoms with Crippen molar-refractivity contribution >= 4 is 17.4 Å². The Morgan fingerprint density at radius 1 is 1.30 bits per heavy atom. The molecule has 2 heterocycles. The predicted octanol–water partition coefficient (Wildman–Crippen LogP) is 6.39. The number of unbranched alkanes of at least 4 members (excludes halogenated alkanes) is 1. The fraction of sp³-hybridized carbons (Fsp3) is 0.619. The van der Waals surface area contributed by atoms with Crippen LogP contribution in [0.1, 0.15) is 69.9 Å². The summed E-state index contributed by atoms with van der Waals surface area (Å²) in [5.74, 6) is 3.93. The lowest BCUT2D eigenvalue weighted by Gasteiger charge is -2.42. The first kappa shape index (κ1) is 17.0. The van der Waals surface area contributed by atoms with Crippen molar-refractivity contribution in [3.8, 4) is 0 Å². The molecule has 2 heteroatoms. The van der Waals surface area contributed by atoms with Gasteiger partial charge in [0.1, 0.15) is 0 Å². The summed E-state index contributed by atoms with van der Waals surface area (Å²) in [4.78, 5) is 0. The summed E-state index contributed by atoms with van der Waals surface area (Å²) < 4.78 is 0. The van der Waals surface area contributed by atoms with Crippen molar-refractivity contribution < 1.29 is 0 Å². The molecule has 0 fully saturated rings. The number of rotatable bonds is 5. The third-order valence-corrected chi connectivity index (χ3v) is 6.65. The number of benzene rings is 1.